The monoisotopic (exact) mass is 318 g/mol. The van der Waals surface area contributed by atoms with Crippen LogP contribution in [0.5, 0.6) is 0 Å². The lowest BCUT2D eigenvalue weighted by molar-refractivity contribution is 0.0958. The molecule has 1 amide bonds. The number of rotatable bonds is 9. The molecule has 1 aromatic rings. The quantitative estimate of drug-likeness (QED) is 0.600. The highest BCUT2D eigenvalue weighted by Gasteiger charge is 2.15. The van der Waals surface area contributed by atoms with Gasteiger partial charge in [0, 0.05) is 25.4 Å². The smallest absolute Gasteiger partial charge is 0.265 e. The number of methoxy groups -OCH3 is 1. The van der Waals surface area contributed by atoms with Crippen LogP contribution in [0.3, 0.4) is 0 Å². The molecule has 0 radical (unpaired) electrons. The molecule has 0 aromatic carbocycles. The van der Waals surface area contributed by atoms with Gasteiger partial charge in [-0.1, -0.05) is 18.3 Å². The van der Waals surface area contributed by atoms with Crippen molar-refractivity contribution in [3.8, 4) is 0 Å². The molecule has 4 N–H and O–H groups in total. The standard InChI is InChI=1S/C12H22N4O2S2/c1-8(19-3)4-5-14-11(17)9-10(13)16-12(20-9)15-6-7-18-2/h8H,4-7,13H2,1-3H3,(H,14,17)(H,15,16). The first-order chi connectivity index (χ1) is 9.58. The number of hydrogen-bond acceptors (Lipinski definition) is 7. The van der Waals surface area contributed by atoms with E-state index in [2.05, 4.69) is 28.8 Å². The molecule has 1 rings (SSSR count). The van der Waals surface area contributed by atoms with E-state index in [1.807, 2.05) is 0 Å². The molecule has 0 spiro atoms. The lowest BCUT2D eigenvalue weighted by atomic mass is 10.3. The average Bonchev–Trinajstić information content (AvgIpc) is 2.80. The number of thioether (sulfide) groups is 1. The van der Waals surface area contributed by atoms with Crippen molar-refractivity contribution in [1.82, 2.24) is 10.3 Å². The lowest BCUT2D eigenvalue weighted by Crippen LogP contribution is -2.25. The molecule has 0 bridgehead atoms. The van der Waals surface area contributed by atoms with Crippen LogP contribution in [0.4, 0.5) is 10.9 Å². The van der Waals surface area contributed by atoms with E-state index in [-0.39, 0.29) is 11.7 Å². The van der Waals surface area contributed by atoms with Crippen LogP contribution in [0.1, 0.15) is 23.0 Å². The summed E-state index contributed by atoms with van der Waals surface area (Å²) >= 11 is 3.05. The molecule has 8 heteroatoms. The van der Waals surface area contributed by atoms with Crippen LogP contribution in [0.15, 0.2) is 0 Å². The number of amides is 1. The van der Waals surface area contributed by atoms with Crippen molar-refractivity contribution in [3.63, 3.8) is 0 Å². The molecule has 0 aliphatic heterocycles. The SMILES string of the molecule is COCCNc1nc(N)c(C(=O)NCCC(C)SC)s1. The van der Waals surface area contributed by atoms with Crippen molar-refractivity contribution in [2.24, 2.45) is 0 Å². The third kappa shape index (κ3) is 5.56. The zero-order valence-electron chi connectivity index (χ0n) is 12.1. The van der Waals surface area contributed by atoms with E-state index in [1.165, 1.54) is 11.3 Å². The molecule has 1 unspecified atom stereocenters. The molecule has 6 nitrogen and oxygen atoms in total. The van der Waals surface area contributed by atoms with Gasteiger partial charge >= 0.3 is 0 Å². The van der Waals surface area contributed by atoms with E-state index in [0.29, 0.717) is 35.0 Å². The third-order valence-corrected chi connectivity index (χ3v) is 4.75. The molecule has 1 atom stereocenters. The largest absolute Gasteiger partial charge is 0.383 e. The molecule has 114 valence electrons. The summed E-state index contributed by atoms with van der Waals surface area (Å²) in [5.41, 5.74) is 5.77. The summed E-state index contributed by atoms with van der Waals surface area (Å²) in [7, 11) is 1.63. The molecular formula is C12H22N4O2S2. The normalized spacial score (nSPS) is 12.2. The maximum atomic E-state index is 12.0. The topological polar surface area (TPSA) is 89.3 Å². The summed E-state index contributed by atoms with van der Waals surface area (Å²) < 4.78 is 4.94. The number of thiazole rings is 1. The number of anilines is 2. The Balaban J connectivity index is 2.47. The van der Waals surface area contributed by atoms with Gasteiger partial charge in [-0.15, -0.1) is 0 Å². The Morgan fingerprint density at radius 1 is 1.55 bits per heavy atom. The van der Waals surface area contributed by atoms with Crippen molar-refractivity contribution in [1.29, 1.82) is 0 Å². The Bertz CT molecular complexity index is 426. The van der Waals surface area contributed by atoms with Gasteiger partial charge in [-0.2, -0.15) is 11.8 Å². The first-order valence-corrected chi connectivity index (χ1v) is 8.49. The summed E-state index contributed by atoms with van der Waals surface area (Å²) in [4.78, 5) is 16.6. The molecule has 0 aliphatic rings. The minimum absolute atomic E-state index is 0.159. The summed E-state index contributed by atoms with van der Waals surface area (Å²) in [5, 5.41) is 7.10. The van der Waals surface area contributed by atoms with Crippen LogP contribution in [0.2, 0.25) is 0 Å². The number of nitrogens with two attached hydrogens (primary N) is 1. The van der Waals surface area contributed by atoms with Gasteiger partial charge < -0.3 is 21.1 Å². The molecule has 0 saturated carbocycles. The zero-order valence-corrected chi connectivity index (χ0v) is 13.7. The van der Waals surface area contributed by atoms with E-state index in [0.717, 1.165) is 6.42 Å². The van der Waals surface area contributed by atoms with Crippen LogP contribution in [0.25, 0.3) is 0 Å². The lowest BCUT2D eigenvalue weighted by Gasteiger charge is -2.08. The van der Waals surface area contributed by atoms with Crippen LogP contribution >= 0.6 is 23.1 Å². The second-order valence-electron chi connectivity index (χ2n) is 4.24. The van der Waals surface area contributed by atoms with E-state index in [4.69, 9.17) is 10.5 Å². The fourth-order valence-electron chi connectivity index (χ4n) is 1.42. The van der Waals surface area contributed by atoms with Gasteiger partial charge in [-0.3, -0.25) is 4.79 Å². The first-order valence-electron chi connectivity index (χ1n) is 6.38. The summed E-state index contributed by atoms with van der Waals surface area (Å²) in [6.07, 6.45) is 3.00. The van der Waals surface area contributed by atoms with Gasteiger partial charge in [0.25, 0.3) is 5.91 Å². The number of carbonyl (C=O) groups is 1. The van der Waals surface area contributed by atoms with Crippen molar-refractivity contribution in [2.45, 2.75) is 18.6 Å². The summed E-state index contributed by atoms with van der Waals surface area (Å²) in [6, 6.07) is 0. The highest BCUT2D eigenvalue weighted by Crippen LogP contribution is 2.24. The second-order valence-corrected chi connectivity index (χ2v) is 6.52. The van der Waals surface area contributed by atoms with Gasteiger partial charge in [0.2, 0.25) is 0 Å². The third-order valence-electron chi connectivity index (χ3n) is 2.68. The van der Waals surface area contributed by atoms with Crippen LogP contribution < -0.4 is 16.4 Å². The molecule has 0 saturated heterocycles. The fourth-order valence-corrected chi connectivity index (χ4v) is 2.60. The molecule has 0 fully saturated rings. The van der Waals surface area contributed by atoms with Gasteiger partial charge in [-0.25, -0.2) is 4.98 Å². The maximum Gasteiger partial charge on any atom is 0.265 e. The van der Waals surface area contributed by atoms with Crippen molar-refractivity contribution in [2.75, 3.05) is 44.1 Å². The molecule has 1 aromatic heterocycles. The highest BCUT2D eigenvalue weighted by molar-refractivity contribution is 7.99. The summed E-state index contributed by atoms with van der Waals surface area (Å²) in [5.74, 6) is 0.110. The Hall–Kier alpha value is -0.990. The first kappa shape index (κ1) is 17.1. The van der Waals surface area contributed by atoms with Crippen molar-refractivity contribution < 1.29 is 9.53 Å². The fraction of sp³-hybridized carbons (Fsp3) is 0.667. The minimum atomic E-state index is -0.159. The van der Waals surface area contributed by atoms with Gasteiger partial charge in [0.15, 0.2) is 5.13 Å². The number of carbonyl (C=O) groups excluding carboxylic acids is 1. The van der Waals surface area contributed by atoms with Gasteiger partial charge in [0.1, 0.15) is 10.7 Å². The predicted molar refractivity (Wildman–Crippen MR) is 86.8 cm³/mol. The Kier molecular flexibility index (Phi) is 7.71. The van der Waals surface area contributed by atoms with E-state index >= 15 is 0 Å². The molecule has 20 heavy (non-hydrogen) atoms. The van der Waals surface area contributed by atoms with Crippen LogP contribution in [0, 0.1) is 0 Å². The number of nitrogens with one attached hydrogen (secondary N) is 2. The van der Waals surface area contributed by atoms with Gasteiger partial charge in [0.05, 0.1) is 6.61 Å². The van der Waals surface area contributed by atoms with E-state index in [9.17, 15) is 4.79 Å². The van der Waals surface area contributed by atoms with Gasteiger partial charge in [-0.05, 0) is 12.7 Å². The summed E-state index contributed by atoms with van der Waals surface area (Å²) in [6.45, 7) is 3.99. The minimum Gasteiger partial charge on any atom is -0.383 e. The van der Waals surface area contributed by atoms with E-state index in [1.54, 1.807) is 18.9 Å². The average molecular weight is 318 g/mol. The Morgan fingerprint density at radius 2 is 2.30 bits per heavy atom. The van der Waals surface area contributed by atoms with E-state index < -0.39 is 0 Å². The Labute approximate surface area is 127 Å². The van der Waals surface area contributed by atoms with Crippen LogP contribution in [-0.4, -0.2) is 49.2 Å². The molecule has 0 aliphatic carbocycles. The number of ether oxygens (including phenoxy) is 1. The van der Waals surface area contributed by atoms with Crippen molar-refractivity contribution in [3.05, 3.63) is 4.88 Å². The maximum absolute atomic E-state index is 12.0. The number of aromatic nitrogens is 1. The highest BCUT2D eigenvalue weighted by atomic mass is 32.2. The number of nitrogens with zero attached hydrogens (tertiary/aromatic N) is 1. The molecule has 1 heterocycles. The predicted octanol–water partition coefficient (Wildman–Crippen LogP) is 1.66. The number of nitrogen functional groups attached to an aromatic ring is 1. The number of hydrogen-bond donors (Lipinski definition) is 3. The second kappa shape index (κ2) is 9.04. The Morgan fingerprint density at radius 3 is 2.95 bits per heavy atom. The van der Waals surface area contributed by atoms with Crippen LogP contribution in [-0.2, 0) is 4.74 Å². The van der Waals surface area contributed by atoms with Crippen molar-refractivity contribution >= 4 is 40.0 Å². The zero-order chi connectivity index (χ0) is 15.0. The molecular weight excluding hydrogens is 296 g/mol.